The summed E-state index contributed by atoms with van der Waals surface area (Å²) in [6.45, 7) is 2.95. The maximum atomic E-state index is 13.9. The van der Waals surface area contributed by atoms with Crippen LogP contribution in [-0.4, -0.2) is 12.6 Å². The lowest BCUT2D eigenvalue weighted by molar-refractivity contribution is 0.284. The largest absolute Gasteiger partial charge is 0.314 e. The van der Waals surface area contributed by atoms with E-state index in [9.17, 15) is 8.78 Å². The molecule has 1 nitrogen and oxygen atoms in total. The van der Waals surface area contributed by atoms with Crippen LogP contribution in [0.3, 0.4) is 0 Å². The minimum Gasteiger partial charge on any atom is -0.314 e. The molecular weight excluding hydrogens is 268 g/mol. The van der Waals surface area contributed by atoms with Crippen molar-refractivity contribution in [2.45, 2.75) is 64.3 Å². The quantitative estimate of drug-likeness (QED) is 0.819. The monoisotopic (exact) mass is 295 g/mol. The van der Waals surface area contributed by atoms with Crippen LogP contribution in [0.1, 0.15) is 57.4 Å². The van der Waals surface area contributed by atoms with Gasteiger partial charge in [-0.1, -0.05) is 51.2 Å². The van der Waals surface area contributed by atoms with Gasteiger partial charge in [-0.15, -0.1) is 0 Å². The smallest absolute Gasteiger partial charge is 0.162 e. The fourth-order valence-corrected chi connectivity index (χ4v) is 3.50. The van der Waals surface area contributed by atoms with Crippen LogP contribution in [-0.2, 0) is 6.42 Å². The molecule has 0 amide bonds. The minimum absolute atomic E-state index is 0.254. The lowest BCUT2D eigenvalue weighted by Gasteiger charge is -2.29. The van der Waals surface area contributed by atoms with Crippen molar-refractivity contribution in [1.82, 2.24) is 5.32 Å². The Morgan fingerprint density at radius 1 is 1.10 bits per heavy atom. The molecule has 1 atom stereocenters. The Morgan fingerprint density at radius 3 is 2.43 bits per heavy atom. The van der Waals surface area contributed by atoms with Gasteiger partial charge < -0.3 is 5.32 Å². The Morgan fingerprint density at radius 2 is 1.76 bits per heavy atom. The highest BCUT2D eigenvalue weighted by Crippen LogP contribution is 2.27. The SMILES string of the molecule is CCNC(Cc1cccc(F)c1F)C1CCCCCCC1. The summed E-state index contributed by atoms with van der Waals surface area (Å²) in [5.74, 6) is -0.834. The number of hydrogen-bond donors (Lipinski definition) is 1. The normalized spacial score (nSPS) is 19.0. The second-order valence-corrected chi connectivity index (χ2v) is 6.19. The molecule has 1 unspecified atom stereocenters. The van der Waals surface area contributed by atoms with E-state index in [-0.39, 0.29) is 6.04 Å². The summed E-state index contributed by atoms with van der Waals surface area (Å²) in [6, 6.07) is 4.77. The lowest BCUT2D eigenvalue weighted by atomic mass is 9.83. The van der Waals surface area contributed by atoms with Gasteiger partial charge in [0.25, 0.3) is 0 Å². The van der Waals surface area contributed by atoms with Gasteiger partial charge in [-0.3, -0.25) is 0 Å². The highest BCUT2D eigenvalue weighted by Gasteiger charge is 2.23. The van der Waals surface area contributed by atoms with Crippen LogP contribution in [0.25, 0.3) is 0 Å². The molecule has 0 heterocycles. The third-order valence-electron chi connectivity index (χ3n) is 4.66. The summed E-state index contributed by atoms with van der Waals surface area (Å²) in [5.41, 5.74) is 0.503. The average Bonchev–Trinajstić information content (AvgIpc) is 2.43. The standard InChI is InChI=1S/C18H27F2N/c1-2-21-17(14-9-6-4-3-5-7-10-14)13-15-11-8-12-16(19)18(15)20/h8,11-12,14,17,21H,2-7,9-10,13H2,1H3. The van der Waals surface area contributed by atoms with Gasteiger partial charge in [0.15, 0.2) is 11.6 Å². The molecule has 0 bridgehead atoms. The summed E-state index contributed by atoms with van der Waals surface area (Å²) < 4.78 is 27.3. The van der Waals surface area contributed by atoms with Crippen molar-refractivity contribution in [1.29, 1.82) is 0 Å². The molecule has 1 saturated carbocycles. The lowest BCUT2D eigenvalue weighted by Crippen LogP contribution is -2.38. The van der Waals surface area contributed by atoms with Crippen LogP contribution < -0.4 is 5.32 Å². The van der Waals surface area contributed by atoms with Gasteiger partial charge in [-0.2, -0.15) is 0 Å². The zero-order chi connectivity index (χ0) is 15.1. The summed E-state index contributed by atoms with van der Waals surface area (Å²) in [6.07, 6.45) is 9.48. The average molecular weight is 295 g/mol. The van der Waals surface area contributed by atoms with Crippen LogP contribution in [0.4, 0.5) is 8.78 Å². The molecule has 21 heavy (non-hydrogen) atoms. The van der Waals surface area contributed by atoms with Crippen LogP contribution in [0.15, 0.2) is 18.2 Å². The number of nitrogens with one attached hydrogen (secondary N) is 1. The van der Waals surface area contributed by atoms with Crippen LogP contribution in [0.2, 0.25) is 0 Å². The number of halogens is 2. The zero-order valence-electron chi connectivity index (χ0n) is 13.0. The molecule has 2 rings (SSSR count). The van der Waals surface area contributed by atoms with Gasteiger partial charge in [0.05, 0.1) is 0 Å². The molecule has 1 aromatic carbocycles. The summed E-state index contributed by atoms with van der Waals surface area (Å²) >= 11 is 0. The second kappa shape index (κ2) is 8.47. The maximum absolute atomic E-state index is 13.9. The first kappa shape index (κ1) is 16.4. The second-order valence-electron chi connectivity index (χ2n) is 6.19. The van der Waals surface area contributed by atoms with Crippen LogP contribution in [0, 0.1) is 17.6 Å². The van der Waals surface area contributed by atoms with Crippen molar-refractivity contribution >= 4 is 0 Å². The van der Waals surface area contributed by atoms with Gasteiger partial charge in [-0.25, -0.2) is 8.78 Å². The van der Waals surface area contributed by atoms with E-state index in [0.717, 1.165) is 6.54 Å². The minimum atomic E-state index is -0.736. The maximum Gasteiger partial charge on any atom is 0.162 e. The molecule has 0 aliphatic heterocycles. The molecule has 1 fully saturated rings. The Kier molecular flexibility index (Phi) is 6.62. The van der Waals surface area contributed by atoms with Crippen LogP contribution >= 0.6 is 0 Å². The van der Waals surface area contributed by atoms with E-state index in [4.69, 9.17) is 0 Å². The topological polar surface area (TPSA) is 12.0 Å². The van der Waals surface area contributed by atoms with Gasteiger partial charge in [0, 0.05) is 6.04 Å². The van der Waals surface area contributed by atoms with Crippen molar-refractivity contribution in [3.05, 3.63) is 35.4 Å². The third-order valence-corrected chi connectivity index (χ3v) is 4.66. The van der Waals surface area contributed by atoms with E-state index >= 15 is 0 Å². The Bertz CT molecular complexity index is 425. The fraction of sp³-hybridized carbons (Fsp3) is 0.667. The molecule has 0 spiro atoms. The van der Waals surface area contributed by atoms with Crippen molar-refractivity contribution in [3.63, 3.8) is 0 Å². The van der Waals surface area contributed by atoms with E-state index in [1.165, 1.54) is 51.0 Å². The van der Waals surface area contributed by atoms with E-state index < -0.39 is 11.6 Å². The number of rotatable bonds is 5. The third kappa shape index (κ3) is 4.77. The van der Waals surface area contributed by atoms with Crippen molar-refractivity contribution < 1.29 is 8.78 Å². The molecule has 0 saturated heterocycles. The molecule has 1 aromatic rings. The van der Waals surface area contributed by atoms with Crippen molar-refractivity contribution in [3.8, 4) is 0 Å². The van der Waals surface area contributed by atoms with E-state index in [0.29, 0.717) is 17.9 Å². The molecule has 3 heteroatoms. The van der Waals surface area contributed by atoms with Crippen LogP contribution in [0.5, 0.6) is 0 Å². The van der Waals surface area contributed by atoms with E-state index in [2.05, 4.69) is 12.2 Å². The van der Waals surface area contributed by atoms with Gasteiger partial charge in [0.2, 0.25) is 0 Å². The van der Waals surface area contributed by atoms with Gasteiger partial charge in [-0.05, 0) is 43.4 Å². The predicted molar refractivity (Wildman–Crippen MR) is 83.3 cm³/mol. The summed E-state index contributed by atoms with van der Waals surface area (Å²) in [5, 5.41) is 3.51. The molecule has 0 aromatic heterocycles. The highest BCUT2D eigenvalue weighted by molar-refractivity contribution is 5.20. The number of benzene rings is 1. The molecule has 118 valence electrons. The zero-order valence-corrected chi connectivity index (χ0v) is 13.0. The Hall–Kier alpha value is -0.960. The first-order chi connectivity index (χ1) is 10.2. The van der Waals surface area contributed by atoms with E-state index in [1.54, 1.807) is 12.1 Å². The number of hydrogen-bond acceptors (Lipinski definition) is 1. The fourth-order valence-electron chi connectivity index (χ4n) is 3.50. The summed E-state index contributed by atoms with van der Waals surface area (Å²) in [4.78, 5) is 0. The Labute approximate surface area is 127 Å². The summed E-state index contributed by atoms with van der Waals surface area (Å²) in [7, 11) is 0. The van der Waals surface area contributed by atoms with Crippen molar-refractivity contribution in [2.24, 2.45) is 5.92 Å². The highest BCUT2D eigenvalue weighted by atomic mass is 19.2. The molecular formula is C18H27F2N. The number of likely N-dealkylation sites (N-methyl/N-ethyl adjacent to an activating group) is 1. The van der Waals surface area contributed by atoms with Crippen molar-refractivity contribution in [2.75, 3.05) is 6.54 Å². The molecule has 1 N–H and O–H groups in total. The molecule has 1 aliphatic rings. The molecule has 1 aliphatic carbocycles. The van der Waals surface area contributed by atoms with Gasteiger partial charge in [0.1, 0.15) is 0 Å². The van der Waals surface area contributed by atoms with Gasteiger partial charge >= 0.3 is 0 Å². The predicted octanol–water partition coefficient (Wildman–Crippen LogP) is 4.85. The first-order valence-corrected chi connectivity index (χ1v) is 8.38. The molecule has 0 radical (unpaired) electrons. The first-order valence-electron chi connectivity index (χ1n) is 8.38. The van der Waals surface area contributed by atoms with E-state index in [1.807, 2.05) is 0 Å². The Balaban J connectivity index is 2.08.